The quantitative estimate of drug-likeness (QED) is 0.467. The van der Waals surface area contributed by atoms with Gasteiger partial charge in [0.1, 0.15) is 5.78 Å². The lowest BCUT2D eigenvalue weighted by Gasteiger charge is -2.72. The van der Waals surface area contributed by atoms with Crippen molar-refractivity contribution in [1.82, 2.24) is 0 Å². The van der Waals surface area contributed by atoms with Crippen LogP contribution in [0.5, 0.6) is 0 Å². The topological polar surface area (TPSA) is 74.6 Å². The molecule has 0 unspecified atom stereocenters. The number of carboxylic acid groups (broad SMARTS) is 1. The average molecular weight is 471 g/mol. The van der Waals surface area contributed by atoms with Crippen LogP contribution in [0.3, 0.4) is 0 Å². The first kappa shape index (κ1) is 24.5. The van der Waals surface area contributed by atoms with Gasteiger partial charge in [0.25, 0.3) is 0 Å². The van der Waals surface area contributed by atoms with Crippen LogP contribution < -0.4 is 0 Å². The number of carboxylic acids is 1. The number of carbonyl (C=O) groups is 2. The van der Waals surface area contributed by atoms with Gasteiger partial charge in [-0.1, -0.05) is 46.8 Å². The Hall–Kier alpha value is -1.16. The second kappa shape index (κ2) is 7.20. The van der Waals surface area contributed by atoms with E-state index in [0.29, 0.717) is 24.0 Å². The summed E-state index contributed by atoms with van der Waals surface area (Å²) in [5.74, 6) is 0.916. The molecular formula is C30H46O4. The molecule has 0 radical (unpaired) electrons. The van der Waals surface area contributed by atoms with Crippen LogP contribution in [0, 0.1) is 56.7 Å². The average Bonchev–Trinajstić information content (AvgIpc) is 3.13. The second-order valence-electron chi connectivity index (χ2n) is 14.4. The summed E-state index contributed by atoms with van der Waals surface area (Å²) in [4.78, 5) is 25.7. The predicted octanol–water partition coefficient (Wildman–Crippen LogP) is 6.27. The lowest BCUT2D eigenvalue weighted by molar-refractivity contribution is -0.259. The lowest BCUT2D eigenvalue weighted by Crippen LogP contribution is -2.69. The number of carbonyl (C=O) groups excluding carboxylic acids is 1. The van der Waals surface area contributed by atoms with Crippen molar-refractivity contribution in [2.75, 3.05) is 0 Å². The molecule has 0 spiro atoms. The van der Waals surface area contributed by atoms with E-state index in [9.17, 15) is 19.8 Å². The molecule has 5 aliphatic carbocycles. The highest BCUT2D eigenvalue weighted by molar-refractivity contribution is 5.85. The number of hydrogen-bond acceptors (Lipinski definition) is 3. The van der Waals surface area contributed by atoms with E-state index in [-0.39, 0.29) is 34.0 Å². The van der Waals surface area contributed by atoms with Crippen LogP contribution >= 0.6 is 0 Å². The summed E-state index contributed by atoms with van der Waals surface area (Å²) >= 11 is 0. The molecule has 5 fully saturated rings. The first-order valence-electron chi connectivity index (χ1n) is 13.8. The van der Waals surface area contributed by atoms with E-state index in [2.05, 4.69) is 48.1 Å². The van der Waals surface area contributed by atoms with Crippen molar-refractivity contribution in [2.24, 2.45) is 56.7 Å². The monoisotopic (exact) mass is 470 g/mol. The summed E-state index contributed by atoms with van der Waals surface area (Å²) in [7, 11) is 0. The van der Waals surface area contributed by atoms with E-state index in [1.165, 1.54) is 0 Å². The minimum absolute atomic E-state index is 0.00387. The molecule has 0 aliphatic heterocycles. The third kappa shape index (κ3) is 2.70. The Kier molecular flexibility index (Phi) is 5.20. The third-order valence-corrected chi connectivity index (χ3v) is 13.1. The predicted molar refractivity (Wildman–Crippen MR) is 133 cm³/mol. The highest BCUT2D eigenvalue weighted by Gasteiger charge is 2.73. The fourth-order valence-corrected chi connectivity index (χ4v) is 11.5. The Morgan fingerprint density at radius 3 is 2.26 bits per heavy atom. The molecule has 0 aromatic rings. The second-order valence-corrected chi connectivity index (χ2v) is 14.4. The van der Waals surface area contributed by atoms with Crippen LogP contribution in [-0.4, -0.2) is 28.1 Å². The first-order chi connectivity index (χ1) is 15.7. The molecule has 5 aliphatic rings. The molecule has 5 rings (SSSR count). The van der Waals surface area contributed by atoms with E-state index in [1.807, 2.05) is 0 Å². The number of aliphatic hydroxyl groups excluding tert-OH is 1. The molecule has 0 amide bonds. The van der Waals surface area contributed by atoms with Crippen LogP contribution in [0.15, 0.2) is 12.2 Å². The van der Waals surface area contributed by atoms with E-state index < -0.39 is 22.9 Å². The molecule has 0 saturated heterocycles. The van der Waals surface area contributed by atoms with Gasteiger partial charge in [0.15, 0.2) is 0 Å². The molecular weight excluding hydrogens is 424 g/mol. The number of aliphatic hydroxyl groups is 1. The lowest BCUT2D eigenvalue weighted by atomic mass is 9.32. The Labute approximate surface area is 206 Å². The number of Topliss-reactive ketones (excluding diaryl/α,β-unsaturated/α-hetero) is 1. The summed E-state index contributed by atoms with van der Waals surface area (Å²) in [6.45, 7) is 17.8. The van der Waals surface area contributed by atoms with Gasteiger partial charge >= 0.3 is 5.97 Å². The molecule has 2 N–H and O–H groups in total. The summed E-state index contributed by atoms with van der Waals surface area (Å²) in [5.41, 5.74) is -0.110. The molecule has 0 heterocycles. The summed E-state index contributed by atoms with van der Waals surface area (Å²) < 4.78 is 0. The summed E-state index contributed by atoms with van der Waals surface area (Å²) in [6.07, 6.45) is 7.24. The third-order valence-electron chi connectivity index (χ3n) is 13.1. The number of hydrogen-bond donors (Lipinski definition) is 2. The van der Waals surface area contributed by atoms with E-state index in [1.54, 1.807) is 0 Å². The van der Waals surface area contributed by atoms with Crippen LogP contribution in [0.2, 0.25) is 0 Å². The molecule has 0 aromatic heterocycles. The number of fused-ring (bicyclic) bond motifs is 7. The molecule has 5 saturated carbocycles. The van der Waals surface area contributed by atoms with Gasteiger partial charge in [-0.2, -0.15) is 0 Å². The number of allylic oxidation sites excluding steroid dienone is 1. The maximum absolute atomic E-state index is 12.9. The zero-order valence-corrected chi connectivity index (χ0v) is 22.2. The van der Waals surface area contributed by atoms with Gasteiger partial charge in [-0.15, -0.1) is 0 Å². The standard InChI is InChI=1S/C30H46O4/c1-17(2)18-10-13-30(25(33)34)15-14-28(6)19(23(18)30)8-9-21-27(5)12-11-22(32)26(3,4)24(27)20(31)16-29(21,28)7/h18-21,23-24,31H,1,8-16H2,2-7H3,(H,33,34)/t18-,19+,20-,21+,23-,24-,27+,28+,29+,30-/m0/s1. The van der Waals surface area contributed by atoms with Gasteiger partial charge in [-0.25, -0.2) is 0 Å². The van der Waals surface area contributed by atoms with Gasteiger partial charge in [0.05, 0.1) is 11.5 Å². The highest BCUT2D eigenvalue weighted by Crippen LogP contribution is 2.77. The van der Waals surface area contributed by atoms with Gasteiger partial charge in [-0.05, 0) is 98.2 Å². The van der Waals surface area contributed by atoms with Crippen LogP contribution in [0.25, 0.3) is 0 Å². The first-order valence-corrected chi connectivity index (χ1v) is 13.8. The minimum atomic E-state index is -0.615. The fraction of sp³-hybridized carbons (Fsp3) is 0.867. The number of rotatable bonds is 2. The molecule has 4 heteroatoms. The normalized spacial score (nSPS) is 53.8. The van der Waals surface area contributed by atoms with Crippen molar-refractivity contribution >= 4 is 11.8 Å². The zero-order valence-electron chi connectivity index (χ0n) is 22.2. The van der Waals surface area contributed by atoms with Gasteiger partial charge < -0.3 is 10.2 Å². The molecule has 0 aromatic carbocycles. The summed E-state index contributed by atoms with van der Waals surface area (Å²) in [5, 5.41) is 22.2. The highest BCUT2D eigenvalue weighted by atomic mass is 16.4. The minimum Gasteiger partial charge on any atom is -0.481 e. The van der Waals surface area contributed by atoms with E-state index in [4.69, 9.17) is 0 Å². The molecule has 190 valence electrons. The van der Waals surface area contributed by atoms with Crippen molar-refractivity contribution in [3.63, 3.8) is 0 Å². The van der Waals surface area contributed by atoms with Gasteiger partial charge in [0.2, 0.25) is 0 Å². The Morgan fingerprint density at radius 2 is 1.65 bits per heavy atom. The van der Waals surface area contributed by atoms with Crippen molar-refractivity contribution in [3.05, 3.63) is 12.2 Å². The fourth-order valence-electron chi connectivity index (χ4n) is 11.5. The Bertz CT molecular complexity index is 936. The van der Waals surface area contributed by atoms with E-state index in [0.717, 1.165) is 56.9 Å². The SMILES string of the molecule is C=C(C)[C@@H]1CC[C@]2(C(=O)O)CC[C@]3(C)[C@H](CC[C@@H]4[C@@]5(C)CCC(=O)C(C)(C)[C@@H]5[C@@H](O)C[C@]43C)[C@H]12. The van der Waals surface area contributed by atoms with Gasteiger partial charge in [-0.3, -0.25) is 9.59 Å². The van der Waals surface area contributed by atoms with Crippen molar-refractivity contribution < 1.29 is 19.8 Å². The van der Waals surface area contributed by atoms with E-state index >= 15 is 0 Å². The van der Waals surface area contributed by atoms with Crippen molar-refractivity contribution in [3.8, 4) is 0 Å². The molecule has 0 bridgehead atoms. The molecule has 4 nitrogen and oxygen atoms in total. The van der Waals surface area contributed by atoms with Crippen LogP contribution in [0.1, 0.15) is 99.3 Å². The Morgan fingerprint density at radius 1 is 0.971 bits per heavy atom. The Balaban J connectivity index is 1.60. The maximum atomic E-state index is 12.9. The molecule has 34 heavy (non-hydrogen) atoms. The molecule has 10 atom stereocenters. The summed E-state index contributed by atoms with van der Waals surface area (Å²) in [6, 6.07) is 0. The van der Waals surface area contributed by atoms with Crippen LogP contribution in [-0.2, 0) is 9.59 Å². The number of aliphatic carboxylic acids is 1. The van der Waals surface area contributed by atoms with Gasteiger partial charge in [0, 0.05) is 17.8 Å². The number of ketones is 1. The largest absolute Gasteiger partial charge is 0.481 e. The maximum Gasteiger partial charge on any atom is 0.309 e. The van der Waals surface area contributed by atoms with Crippen molar-refractivity contribution in [1.29, 1.82) is 0 Å². The zero-order chi connectivity index (χ0) is 25.1. The van der Waals surface area contributed by atoms with Crippen molar-refractivity contribution in [2.45, 2.75) is 105 Å². The van der Waals surface area contributed by atoms with Crippen LogP contribution in [0.4, 0.5) is 0 Å². The smallest absolute Gasteiger partial charge is 0.309 e.